The molecule has 0 radical (unpaired) electrons. The van der Waals surface area contributed by atoms with Crippen molar-refractivity contribution < 1.29 is 0 Å². The number of rotatable bonds is 2. The Morgan fingerprint density at radius 1 is 1.00 bits per heavy atom. The van der Waals surface area contributed by atoms with Crippen molar-refractivity contribution in [3.63, 3.8) is 0 Å². The molecule has 2 heterocycles. The van der Waals surface area contributed by atoms with E-state index in [1.807, 2.05) is 0 Å². The highest BCUT2D eigenvalue weighted by atomic mass is 15.7. The Balaban J connectivity index is 1.75. The Morgan fingerprint density at radius 2 is 1.79 bits per heavy atom. The fourth-order valence-electron chi connectivity index (χ4n) is 2.18. The van der Waals surface area contributed by atoms with E-state index < -0.39 is 0 Å². The highest BCUT2D eigenvalue weighted by molar-refractivity contribution is 4.84. The number of hydrogen-bond donors (Lipinski definition) is 1. The van der Waals surface area contributed by atoms with Crippen molar-refractivity contribution in [3.8, 4) is 0 Å². The number of nitrogens with one attached hydrogen (secondary N) is 1. The molecular weight excluding hydrogens is 176 g/mol. The molecule has 14 heavy (non-hydrogen) atoms. The average molecular weight is 198 g/mol. The molecule has 0 atom stereocenters. The Bertz CT molecular complexity index is 179. The molecule has 2 fully saturated rings. The number of nitrogens with zero attached hydrogens (tertiary/aromatic N) is 3. The van der Waals surface area contributed by atoms with Crippen molar-refractivity contribution in [2.45, 2.75) is 12.5 Å². The van der Waals surface area contributed by atoms with Gasteiger partial charge in [0.2, 0.25) is 0 Å². The fraction of sp³-hybridized carbons (Fsp3) is 1.00. The minimum atomic E-state index is 0.719. The van der Waals surface area contributed by atoms with Gasteiger partial charge >= 0.3 is 0 Å². The van der Waals surface area contributed by atoms with Gasteiger partial charge in [0.15, 0.2) is 0 Å². The molecule has 0 aromatic carbocycles. The van der Waals surface area contributed by atoms with Crippen molar-refractivity contribution in [2.24, 2.45) is 0 Å². The molecule has 0 amide bonds. The van der Waals surface area contributed by atoms with Crippen LogP contribution in [0, 0.1) is 0 Å². The van der Waals surface area contributed by atoms with Crippen LogP contribution in [-0.2, 0) is 0 Å². The second-order valence-electron chi connectivity index (χ2n) is 4.47. The molecule has 2 rings (SSSR count). The van der Waals surface area contributed by atoms with Crippen LogP contribution in [0.1, 0.15) is 6.42 Å². The summed E-state index contributed by atoms with van der Waals surface area (Å²) in [6, 6.07) is 0.719. The van der Waals surface area contributed by atoms with Gasteiger partial charge < -0.3 is 10.2 Å². The summed E-state index contributed by atoms with van der Waals surface area (Å²) in [5, 5.41) is 8.33. The van der Waals surface area contributed by atoms with Gasteiger partial charge in [0.25, 0.3) is 0 Å². The van der Waals surface area contributed by atoms with Crippen LogP contribution in [0.15, 0.2) is 0 Å². The van der Waals surface area contributed by atoms with Gasteiger partial charge in [-0.05, 0) is 27.1 Å². The zero-order valence-electron chi connectivity index (χ0n) is 9.37. The smallest absolute Gasteiger partial charge is 0.0348 e. The summed E-state index contributed by atoms with van der Waals surface area (Å²) in [4.78, 5) is 2.43. The predicted octanol–water partition coefficient (Wildman–Crippen LogP) is -0.557. The third-order valence-electron chi connectivity index (χ3n) is 3.37. The molecule has 4 nitrogen and oxygen atoms in total. The van der Waals surface area contributed by atoms with E-state index in [2.05, 4.69) is 34.3 Å². The van der Waals surface area contributed by atoms with Crippen molar-refractivity contribution in [2.75, 3.05) is 53.4 Å². The van der Waals surface area contributed by atoms with Gasteiger partial charge in [0.05, 0.1) is 0 Å². The molecular formula is C10H22N4. The van der Waals surface area contributed by atoms with Crippen LogP contribution in [0.2, 0.25) is 0 Å². The maximum absolute atomic E-state index is 3.32. The van der Waals surface area contributed by atoms with Gasteiger partial charge in [-0.1, -0.05) is 0 Å². The van der Waals surface area contributed by atoms with Crippen molar-refractivity contribution in [1.29, 1.82) is 0 Å². The van der Waals surface area contributed by atoms with Gasteiger partial charge in [0, 0.05) is 38.8 Å². The van der Waals surface area contributed by atoms with E-state index in [-0.39, 0.29) is 0 Å². The minimum absolute atomic E-state index is 0.719. The molecule has 0 bridgehead atoms. The lowest BCUT2D eigenvalue weighted by atomic mass is 10.1. The second-order valence-corrected chi connectivity index (χ2v) is 4.47. The number of likely N-dealkylation sites (N-methyl/N-ethyl adjacent to an activating group) is 2. The van der Waals surface area contributed by atoms with E-state index in [1.165, 1.54) is 45.7 Å². The van der Waals surface area contributed by atoms with Crippen LogP contribution in [0.25, 0.3) is 0 Å². The Morgan fingerprint density at radius 3 is 2.50 bits per heavy atom. The average Bonchev–Trinajstić information content (AvgIpc) is 2.29. The first kappa shape index (κ1) is 10.4. The molecule has 2 aliphatic rings. The SMILES string of the molecule is CNC1CN(N2CCCN(C)CC2)C1. The van der Waals surface area contributed by atoms with Crippen LogP contribution in [0.3, 0.4) is 0 Å². The van der Waals surface area contributed by atoms with Crippen molar-refractivity contribution >= 4 is 0 Å². The summed E-state index contributed by atoms with van der Waals surface area (Å²) >= 11 is 0. The Kier molecular flexibility index (Phi) is 3.38. The number of hydrazine groups is 1. The molecule has 2 saturated heterocycles. The summed E-state index contributed by atoms with van der Waals surface area (Å²) < 4.78 is 0. The summed E-state index contributed by atoms with van der Waals surface area (Å²) in [7, 11) is 4.27. The van der Waals surface area contributed by atoms with E-state index in [0.29, 0.717) is 0 Å². The largest absolute Gasteiger partial charge is 0.314 e. The fourth-order valence-corrected chi connectivity index (χ4v) is 2.18. The minimum Gasteiger partial charge on any atom is -0.314 e. The number of hydrogen-bond acceptors (Lipinski definition) is 4. The molecule has 0 aromatic heterocycles. The molecule has 0 aromatic rings. The maximum atomic E-state index is 3.32. The van der Waals surface area contributed by atoms with Crippen LogP contribution < -0.4 is 5.32 Å². The van der Waals surface area contributed by atoms with E-state index in [9.17, 15) is 0 Å². The van der Waals surface area contributed by atoms with E-state index in [4.69, 9.17) is 0 Å². The van der Waals surface area contributed by atoms with Crippen LogP contribution in [0.4, 0.5) is 0 Å². The van der Waals surface area contributed by atoms with Gasteiger partial charge in [0.1, 0.15) is 0 Å². The van der Waals surface area contributed by atoms with E-state index in [1.54, 1.807) is 0 Å². The van der Waals surface area contributed by atoms with Gasteiger partial charge in [-0.15, -0.1) is 0 Å². The molecule has 0 aliphatic carbocycles. The van der Waals surface area contributed by atoms with Crippen molar-refractivity contribution in [1.82, 2.24) is 20.2 Å². The monoisotopic (exact) mass is 198 g/mol. The highest BCUT2D eigenvalue weighted by Crippen LogP contribution is 2.13. The lowest BCUT2D eigenvalue weighted by Crippen LogP contribution is -2.63. The molecule has 82 valence electrons. The molecule has 0 saturated carbocycles. The zero-order valence-corrected chi connectivity index (χ0v) is 9.37. The van der Waals surface area contributed by atoms with Crippen molar-refractivity contribution in [3.05, 3.63) is 0 Å². The lowest BCUT2D eigenvalue weighted by Gasteiger charge is -2.45. The first-order chi connectivity index (χ1) is 6.79. The summed E-state index contributed by atoms with van der Waals surface area (Å²) in [5.74, 6) is 0. The molecule has 0 spiro atoms. The van der Waals surface area contributed by atoms with Gasteiger partial charge in [-0.3, -0.25) is 0 Å². The first-order valence-corrected chi connectivity index (χ1v) is 5.65. The summed E-state index contributed by atoms with van der Waals surface area (Å²) in [6.07, 6.45) is 1.30. The maximum Gasteiger partial charge on any atom is 0.0348 e. The highest BCUT2D eigenvalue weighted by Gasteiger charge is 2.30. The molecule has 0 unspecified atom stereocenters. The lowest BCUT2D eigenvalue weighted by molar-refractivity contribution is -0.0859. The van der Waals surface area contributed by atoms with E-state index >= 15 is 0 Å². The van der Waals surface area contributed by atoms with Crippen LogP contribution in [0.5, 0.6) is 0 Å². The quantitative estimate of drug-likeness (QED) is 0.642. The summed E-state index contributed by atoms with van der Waals surface area (Å²) in [5.41, 5.74) is 0. The normalized spacial score (nSPS) is 28.7. The first-order valence-electron chi connectivity index (χ1n) is 5.65. The Hall–Kier alpha value is -0.160. The predicted molar refractivity (Wildman–Crippen MR) is 58.1 cm³/mol. The zero-order chi connectivity index (χ0) is 9.97. The topological polar surface area (TPSA) is 21.8 Å². The third kappa shape index (κ3) is 2.25. The molecule has 4 heteroatoms. The third-order valence-corrected chi connectivity index (χ3v) is 3.37. The second kappa shape index (κ2) is 4.57. The van der Waals surface area contributed by atoms with Gasteiger partial charge in [-0.2, -0.15) is 0 Å². The molecule has 1 N–H and O–H groups in total. The summed E-state index contributed by atoms with van der Waals surface area (Å²) in [6.45, 7) is 7.29. The Labute approximate surface area is 86.8 Å². The van der Waals surface area contributed by atoms with Gasteiger partial charge in [-0.25, -0.2) is 10.0 Å². The molecule has 2 aliphatic heterocycles. The van der Waals surface area contributed by atoms with Crippen LogP contribution >= 0.6 is 0 Å². The van der Waals surface area contributed by atoms with Crippen LogP contribution in [-0.4, -0.2) is 74.3 Å². The van der Waals surface area contributed by atoms with E-state index in [0.717, 1.165) is 6.04 Å². The standard InChI is InChI=1S/C10H22N4/c1-11-10-8-14(9-10)13-5-3-4-12(2)6-7-13/h10-11H,3-9H2,1-2H3.